The van der Waals surface area contributed by atoms with Crippen LogP contribution in [0.1, 0.15) is 29.3 Å². The predicted octanol–water partition coefficient (Wildman–Crippen LogP) is 6.39. The first kappa shape index (κ1) is 25.0. The smallest absolute Gasteiger partial charge is 0.260 e. The summed E-state index contributed by atoms with van der Waals surface area (Å²) in [5.41, 5.74) is 2.63. The molecule has 0 aliphatic carbocycles. The Labute approximate surface area is 198 Å². The van der Waals surface area contributed by atoms with Gasteiger partial charge in [-0.1, -0.05) is 42.0 Å². The summed E-state index contributed by atoms with van der Waals surface area (Å²) in [4.78, 5) is 23.3. The number of fused-ring (bicyclic) bond motifs is 1. The molecule has 2 aromatic carbocycles. The van der Waals surface area contributed by atoms with Crippen LogP contribution in [0.25, 0.3) is 10.2 Å². The molecule has 0 unspecified atom stereocenters. The lowest BCUT2D eigenvalue weighted by atomic mass is 10.2. The minimum Gasteiger partial charge on any atom is -0.309 e. The van der Waals surface area contributed by atoms with E-state index in [1.54, 1.807) is 16.7 Å². The lowest BCUT2D eigenvalue weighted by molar-refractivity contribution is 0.0986. The van der Waals surface area contributed by atoms with E-state index in [1.165, 1.54) is 11.3 Å². The highest BCUT2D eigenvalue weighted by atomic mass is 35.5. The van der Waals surface area contributed by atoms with Crippen molar-refractivity contribution in [3.8, 4) is 0 Å². The van der Waals surface area contributed by atoms with Crippen molar-refractivity contribution in [3.05, 3.63) is 52.5 Å². The highest BCUT2D eigenvalue weighted by molar-refractivity contribution is 7.99. The van der Waals surface area contributed by atoms with Crippen molar-refractivity contribution < 1.29 is 4.79 Å². The summed E-state index contributed by atoms with van der Waals surface area (Å²) in [6.45, 7) is 5.64. The second kappa shape index (κ2) is 11.3. The van der Waals surface area contributed by atoms with Crippen molar-refractivity contribution in [3.63, 3.8) is 0 Å². The number of hydrogen-bond donors (Lipinski definition) is 0. The number of rotatable bonds is 8. The third kappa shape index (κ3) is 5.89. The number of benzene rings is 2. The Morgan fingerprint density at radius 3 is 2.63 bits per heavy atom. The van der Waals surface area contributed by atoms with Gasteiger partial charge < -0.3 is 4.90 Å². The summed E-state index contributed by atoms with van der Waals surface area (Å²) in [6, 6.07) is 11.7. The maximum Gasteiger partial charge on any atom is 0.260 e. The highest BCUT2D eigenvalue weighted by Crippen LogP contribution is 2.36. The molecule has 0 spiro atoms. The summed E-state index contributed by atoms with van der Waals surface area (Å²) in [6.07, 6.45) is 0.866. The maximum absolute atomic E-state index is 13.5. The monoisotopic (exact) mass is 483 g/mol. The predicted molar refractivity (Wildman–Crippen MR) is 134 cm³/mol. The molecule has 0 bridgehead atoms. The lowest BCUT2D eigenvalue weighted by Gasteiger charge is -2.21. The first-order valence-corrected chi connectivity index (χ1v) is 11.8. The van der Waals surface area contributed by atoms with Gasteiger partial charge in [0.15, 0.2) is 5.13 Å². The van der Waals surface area contributed by atoms with Crippen LogP contribution in [-0.4, -0.2) is 48.7 Å². The summed E-state index contributed by atoms with van der Waals surface area (Å²) in [7, 11) is 4.08. The number of aromatic nitrogens is 1. The number of nitrogens with zero attached hydrogens (tertiary/aromatic N) is 3. The number of carbonyl (C=O) groups is 1. The number of amides is 1. The van der Waals surface area contributed by atoms with Gasteiger partial charge in [0.05, 0.1) is 15.2 Å². The van der Waals surface area contributed by atoms with E-state index in [0.717, 1.165) is 39.4 Å². The average molecular weight is 485 g/mol. The van der Waals surface area contributed by atoms with Crippen molar-refractivity contribution in [1.29, 1.82) is 0 Å². The highest BCUT2D eigenvalue weighted by Gasteiger charge is 2.22. The minimum atomic E-state index is -0.0184. The third-order valence-electron chi connectivity index (χ3n) is 4.54. The zero-order chi connectivity index (χ0) is 21.0. The van der Waals surface area contributed by atoms with Gasteiger partial charge >= 0.3 is 0 Å². The number of thiazole rings is 1. The average Bonchev–Trinajstić information content (AvgIpc) is 3.14. The second-order valence-electron chi connectivity index (χ2n) is 7.11. The molecule has 1 amide bonds. The quantitative estimate of drug-likeness (QED) is 0.347. The van der Waals surface area contributed by atoms with Gasteiger partial charge in [-0.15, -0.1) is 24.2 Å². The Kier molecular flexibility index (Phi) is 9.44. The number of carbonyl (C=O) groups excluding carboxylic acids is 1. The number of thioether (sulfide) groups is 1. The summed E-state index contributed by atoms with van der Waals surface area (Å²) in [5.74, 6) is 0.954. The van der Waals surface area contributed by atoms with Crippen LogP contribution in [-0.2, 0) is 0 Å². The Morgan fingerprint density at radius 2 is 1.97 bits per heavy atom. The molecule has 0 atom stereocenters. The van der Waals surface area contributed by atoms with E-state index >= 15 is 0 Å². The molecule has 3 aromatic rings. The first-order valence-electron chi connectivity index (χ1n) is 9.65. The number of anilines is 1. The lowest BCUT2D eigenvalue weighted by Crippen LogP contribution is -2.33. The van der Waals surface area contributed by atoms with Crippen LogP contribution in [0.15, 0.2) is 41.3 Å². The van der Waals surface area contributed by atoms with Crippen LogP contribution in [0.4, 0.5) is 5.13 Å². The zero-order valence-electron chi connectivity index (χ0n) is 17.6. The van der Waals surface area contributed by atoms with Crippen LogP contribution in [0, 0.1) is 6.92 Å². The van der Waals surface area contributed by atoms with Crippen LogP contribution < -0.4 is 4.90 Å². The van der Waals surface area contributed by atoms with Crippen molar-refractivity contribution in [1.82, 2.24) is 9.88 Å². The largest absolute Gasteiger partial charge is 0.309 e. The van der Waals surface area contributed by atoms with E-state index in [4.69, 9.17) is 16.6 Å². The Bertz CT molecular complexity index is 968. The Morgan fingerprint density at radius 1 is 1.20 bits per heavy atom. The van der Waals surface area contributed by atoms with E-state index < -0.39 is 0 Å². The van der Waals surface area contributed by atoms with Gasteiger partial charge in [0.1, 0.15) is 0 Å². The summed E-state index contributed by atoms with van der Waals surface area (Å²) in [5, 5.41) is 1.38. The van der Waals surface area contributed by atoms with Crippen molar-refractivity contribution in [2.45, 2.75) is 25.2 Å². The molecule has 4 nitrogen and oxygen atoms in total. The molecule has 8 heteroatoms. The SMILES string of the molecule is CCSc1cccc(C(=O)N(CCCN(C)C)c2nc3c(C)ccc(Cl)c3s2)c1.Cl. The van der Waals surface area contributed by atoms with Gasteiger partial charge in [-0.3, -0.25) is 9.69 Å². The number of aryl methyl sites for hydroxylation is 1. The van der Waals surface area contributed by atoms with Crippen molar-refractivity contribution in [2.75, 3.05) is 37.8 Å². The Hall–Kier alpha value is -1.31. The molecule has 0 aliphatic rings. The molecule has 0 saturated carbocycles. The molecule has 0 saturated heterocycles. The van der Waals surface area contributed by atoms with E-state index in [2.05, 4.69) is 11.8 Å². The van der Waals surface area contributed by atoms with Gasteiger partial charge in [-0.05, 0) is 69.6 Å². The van der Waals surface area contributed by atoms with Gasteiger partial charge in [0.25, 0.3) is 5.91 Å². The Balaban J connectivity index is 0.00000320. The zero-order valence-corrected chi connectivity index (χ0v) is 20.9. The van der Waals surface area contributed by atoms with Crippen LogP contribution >= 0.6 is 47.1 Å². The molecule has 0 radical (unpaired) electrons. The van der Waals surface area contributed by atoms with E-state index in [-0.39, 0.29) is 18.3 Å². The van der Waals surface area contributed by atoms with Crippen molar-refractivity contribution in [2.24, 2.45) is 0 Å². The normalized spacial score (nSPS) is 11.0. The topological polar surface area (TPSA) is 36.4 Å². The van der Waals surface area contributed by atoms with Crippen LogP contribution in [0.2, 0.25) is 5.02 Å². The number of halogens is 2. The molecule has 162 valence electrons. The number of hydrogen-bond acceptors (Lipinski definition) is 5. The fourth-order valence-electron chi connectivity index (χ4n) is 3.08. The van der Waals surface area contributed by atoms with Crippen LogP contribution in [0.3, 0.4) is 0 Å². The van der Waals surface area contributed by atoms with Gasteiger partial charge in [0.2, 0.25) is 0 Å². The van der Waals surface area contributed by atoms with Crippen LogP contribution in [0.5, 0.6) is 0 Å². The molecule has 3 rings (SSSR count). The molecule has 0 N–H and O–H groups in total. The molecular formula is C22H27Cl2N3OS2. The van der Waals surface area contributed by atoms with Gasteiger partial charge in [-0.25, -0.2) is 4.98 Å². The molecule has 1 heterocycles. The van der Waals surface area contributed by atoms with Gasteiger partial charge in [-0.2, -0.15) is 0 Å². The molecule has 1 aromatic heterocycles. The first-order chi connectivity index (χ1) is 13.9. The molecule has 0 aliphatic heterocycles. The molecule has 0 fully saturated rings. The summed E-state index contributed by atoms with van der Waals surface area (Å²) < 4.78 is 0.933. The minimum absolute atomic E-state index is 0. The summed E-state index contributed by atoms with van der Waals surface area (Å²) >= 11 is 9.62. The fourth-order valence-corrected chi connectivity index (χ4v) is 5.14. The maximum atomic E-state index is 13.5. The third-order valence-corrected chi connectivity index (χ3v) is 6.96. The molecular weight excluding hydrogens is 457 g/mol. The molecule has 30 heavy (non-hydrogen) atoms. The fraction of sp³-hybridized carbons (Fsp3) is 0.364. The standard InChI is InChI=1S/C22H26ClN3OS2.ClH/c1-5-28-17-9-6-8-16(14-17)21(27)26(13-7-12-25(3)4)22-24-19-15(2)10-11-18(23)20(19)29-22;/h6,8-11,14H,5,7,12-13H2,1-4H3;1H. The van der Waals surface area contributed by atoms with Gasteiger partial charge in [0, 0.05) is 17.0 Å². The second-order valence-corrected chi connectivity index (χ2v) is 9.84. The van der Waals surface area contributed by atoms with E-state index in [9.17, 15) is 4.79 Å². The van der Waals surface area contributed by atoms with E-state index in [1.807, 2.05) is 57.4 Å². The van der Waals surface area contributed by atoms with E-state index in [0.29, 0.717) is 22.3 Å². The van der Waals surface area contributed by atoms with Crippen molar-refractivity contribution >= 4 is 68.4 Å².